The van der Waals surface area contributed by atoms with E-state index in [2.05, 4.69) is 15.3 Å². The number of anilines is 1. The highest BCUT2D eigenvalue weighted by molar-refractivity contribution is 5.93. The van der Waals surface area contributed by atoms with E-state index in [1.807, 2.05) is 24.3 Å². The van der Waals surface area contributed by atoms with Crippen LogP contribution < -0.4 is 11.1 Å². The predicted octanol–water partition coefficient (Wildman–Crippen LogP) is 2.65. The molecular weight excluding hydrogens is 252 g/mol. The number of furan rings is 1. The van der Waals surface area contributed by atoms with Crippen LogP contribution in [0, 0.1) is 0 Å². The predicted molar refractivity (Wildman–Crippen MR) is 79.4 cm³/mol. The lowest BCUT2D eigenvalue weighted by atomic mass is 10.1. The van der Waals surface area contributed by atoms with Crippen molar-refractivity contribution in [3.05, 3.63) is 42.9 Å². The number of nitrogens with two attached hydrogens (primary N) is 1. The van der Waals surface area contributed by atoms with E-state index in [1.54, 1.807) is 18.7 Å². The summed E-state index contributed by atoms with van der Waals surface area (Å²) < 4.78 is 5.53. The van der Waals surface area contributed by atoms with Crippen molar-refractivity contribution < 1.29 is 4.42 Å². The summed E-state index contributed by atoms with van der Waals surface area (Å²) in [6, 6.07) is 7.92. The van der Waals surface area contributed by atoms with E-state index < -0.39 is 0 Å². The molecule has 0 amide bonds. The molecule has 0 fully saturated rings. The van der Waals surface area contributed by atoms with Crippen molar-refractivity contribution in [2.45, 2.75) is 6.42 Å². The Bertz CT molecular complexity index is 690. The number of nitrogens with one attached hydrogen (secondary N) is 1. The maximum atomic E-state index is 5.53. The van der Waals surface area contributed by atoms with Gasteiger partial charge in [0.05, 0.1) is 6.26 Å². The first-order valence-electron chi connectivity index (χ1n) is 6.61. The summed E-state index contributed by atoms with van der Waals surface area (Å²) in [5.74, 6) is 0.620. The Hall–Kier alpha value is -2.40. The van der Waals surface area contributed by atoms with Crippen LogP contribution in [0.25, 0.3) is 22.1 Å². The van der Waals surface area contributed by atoms with Gasteiger partial charge in [-0.2, -0.15) is 0 Å². The Kier molecular flexibility index (Phi) is 3.60. The number of nitrogens with zero attached hydrogens (tertiary/aromatic N) is 2. The standard InChI is InChI=1S/C15H16N4O/c16-6-3-7-17-15-18-8-11(9-19-15)13-10-20-14-5-2-1-4-12(13)14/h1-2,4-5,8-10H,3,6-7,16H2,(H,17,18,19). The van der Waals surface area contributed by atoms with Crippen molar-refractivity contribution >= 4 is 16.9 Å². The third kappa shape index (κ3) is 2.48. The molecule has 0 spiro atoms. The second-order valence-electron chi connectivity index (χ2n) is 4.51. The highest BCUT2D eigenvalue weighted by Crippen LogP contribution is 2.29. The minimum atomic E-state index is 0.620. The van der Waals surface area contributed by atoms with Crippen molar-refractivity contribution in [3.8, 4) is 11.1 Å². The van der Waals surface area contributed by atoms with E-state index in [1.165, 1.54) is 0 Å². The van der Waals surface area contributed by atoms with E-state index in [0.717, 1.165) is 35.1 Å². The first kappa shape index (κ1) is 12.6. The van der Waals surface area contributed by atoms with Crippen LogP contribution in [0.5, 0.6) is 0 Å². The fourth-order valence-electron chi connectivity index (χ4n) is 2.06. The summed E-state index contributed by atoms with van der Waals surface area (Å²) in [4.78, 5) is 8.62. The highest BCUT2D eigenvalue weighted by atomic mass is 16.3. The quantitative estimate of drug-likeness (QED) is 0.696. The van der Waals surface area contributed by atoms with Gasteiger partial charge in [-0.15, -0.1) is 0 Å². The molecule has 0 aliphatic heterocycles. The Morgan fingerprint density at radius 1 is 1.15 bits per heavy atom. The second-order valence-corrected chi connectivity index (χ2v) is 4.51. The van der Waals surface area contributed by atoms with Crippen LogP contribution in [-0.2, 0) is 0 Å². The average molecular weight is 268 g/mol. The molecule has 0 radical (unpaired) electrons. The lowest BCUT2D eigenvalue weighted by Crippen LogP contribution is -2.10. The summed E-state index contributed by atoms with van der Waals surface area (Å²) >= 11 is 0. The first-order chi connectivity index (χ1) is 9.88. The summed E-state index contributed by atoms with van der Waals surface area (Å²) in [6.45, 7) is 1.44. The first-order valence-corrected chi connectivity index (χ1v) is 6.61. The van der Waals surface area contributed by atoms with E-state index in [9.17, 15) is 0 Å². The Labute approximate surface area is 116 Å². The van der Waals surface area contributed by atoms with Crippen LogP contribution >= 0.6 is 0 Å². The minimum Gasteiger partial charge on any atom is -0.464 e. The monoisotopic (exact) mass is 268 g/mol. The number of para-hydroxylation sites is 1. The van der Waals surface area contributed by atoms with Crippen LogP contribution in [0.3, 0.4) is 0 Å². The van der Waals surface area contributed by atoms with Gasteiger partial charge >= 0.3 is 0 Å². The number of fused-ring (bicyclic) bond motifs is 1. The lowest BCUT2D eigenvalue weighted by molar-refractivity contribution is 0.617. The van der Waals surface area contributed by atoms with Crippen LogP contribution in [0.2, 0.25) is 0 Å². The Morgan fingerprint density at radius 3 is 2.75 bits per heavy atom. The molecule has 1 aromatic carbocycles. The number of aromatic nitrogens is 2. The average Bonchev–Trinajstić information content (AvgIpc) is 2.92. The number of hydrogen-bond donors (Lipinski definition) is 2. The maximum Gasteiger partial charge on any atom is 0.222 e. The number of hydrogen-bond acceptors (Lipinski definition) is 5. The molecular formula is C15H16N4O. The molecule has 0 unspecified atom stereocenters. The van der Waals surface area contributed by atoms with Crippen LogP contribution in [0.15, 0.2) is 47.3 Å². The van der Waals surface area contributed by atoms with Crippen LogP contribution in [0.4, 0.5) is 5.95 Å². The van der Waals surface area contributed by atoms with Crippen molar-refractivity contribution in [1.82, 2.24) is 9.97 Å². The summed E-state index contributed by atoms with van der Waals surface area (Å²) in [6.07, 6.45) is 6.24. The van der Waals surface area contributed by atoms with Gasteiger partial charge in [0.15, 0.2) is 0 Å². The zero-order valence-corrected chi connectivity index (χ0v) is 11.0. The molecule has 0 aliphatic rings. The zero-order valence-electron chi connectivity index (χ0n) is 11.0. The van der Waals surface area contributed by atoms with Crippen LogP contribution in [0.1, 0.15) is 6.42 Å². The van der Waals surface area contributed by atoms with Gasteiger partial charge in [-0.25, -0.2) is 9.97 Å². The molecule has 102 valence electrons. The molecule has 2 heterocycles. The largest absolute Gasteiger partial charge is 0.464 e. The zero-order chi connectivity index (χ0) is 13.8. The summed E-state index contributed by atoms with van der Waals surface area (Å²) in [7, 11) is 0. The molecule has 0 atom stereocenters. The highest BCUT2D eigenvalue weighted by Gasteiger charge is 2.08. The van der Waals surface area contributed by atoms with Gasteiger partial charge in [0.1, 0.15) is 5.58 Å². The fourth-order valence-corrected chi connectivity index (χ4v) is 2.06. The smallest absolute Gasteiger partial charge is 0.222 e. The SMILES string of the molecule is NCCCNc1ncc(-c2coc3ccccc23)cn1. The van der Waals surface area contributed by atoms with E-state index >= 15 is 0 Å². The summed E-state index contributed by atoms with van der Waals surface area (Å²) in [5, 5.41) is 4.20. The topological polar surface area (TPSA) is 77.0 Å². The van der Waals surface area contributed by atoms with Gasteiger partial charge in [0, 0.05) is 35.5 Å². The summed E-state index contributed by atoms with van der Waals surface area (Å²) in [5.41, 5.74) is 8.26. The molecule has 0 bridgehead atoms. The molecule has 5 heteroatoms. The van der Waals surface area contributed by atoms with Crippen molar-refractivity contribution in [2.75, 3.05) is 18.4 Å². The van der Waals surface area contributed by atoms with Gasteiger partial charge in [-0.1, -0.05) is 18.2 Å². The van der Waals surface area contributed by atoms with Gasteiger partial charge in [-0.3, -0.25) is 0 Å². The van der Waals surface area contributed by atoms with E-state index in [0.29, 0.717) is 12.5 Å². The Balaban J connectivity index is 1.84. The lowest BCUT2D eigenvalue weighted by Gasteiger charge is -2.04. The number of rotatable bonds is 5. The molecule has 20 heavy (non-hydrogen) atoms. The molecule has 0 saturated carbocycles. The van der Waals surface area contributed by atoms with Gasteiger partial charge < -0.3 is 15.5 Å². The van der Waals surface area contributed by atoms with Crippen molar-refractivity contribution in [3.63, 3.8) is 0 Å². The molecule has 5 nitrogen and oxygen atoms in total. The third-order valence-electron chi connectivity index (χ3n) is 3.11. The number of benzene rings is 1. The second kappa shape index (κ2) is 5.71. The Morgan fingerprint density at radius 2 is 1.95 bits per heavy atom. The molecule has 0 saturated heterocycles. The molecule has 0 aliphatic carbocycles. The van der Waals surface area contributed by atoms with Gasteiger partial charge in [0.25, 0.3) is 0 Å². The molecule has 2 aromatic heterocycles. The van der Waals surface area contributed by atoms with Gasteiger partial charge in [0.2, 0.25) is 5.95 Å². The van der Waals surface area contributed by atoms with Crippen molar-refractivity contribution in [2.24, 2.45) is 5.73 Å². The van der Waals surface area contributed by atoms with E-state index in [-0.39, 0.29) is 0 Å². The van der Waals surface area contributed by atoms with Gasteiger partial charge in [-0.05, 0) is 19.0 Å². The van der Waals surface area contributed by atoms with E-state index in [4.69, 9.17) is 10.2 Å². The molecule has 3 aromatic rings. The molecule has 3 rings (SSSR count). The fraction of sp³-hybridized carbons (Fsp3) is 0.200. The third-order valence-corrected chi connectivity index (χ3v) is 3.11. The van der Waals surface area contributed by atoms with Crippen LogP contribution in [-0.4, -0.2) is 23.1 Å². The minimum absolute atomic E-state index is 0.620. The molecule has 3 N–H and O–H groups in total. The normalized spacial score (nSPS) is 10.8. The van der Waals surface area contributed by atoms with Crippen molar-refractivity contribution in [1.29, 1.82) is 0 Å². The maximum absolute atomic E-state index is 5.53.